The first-order valence-electron chi connectivity index (χ1n) is 8.52. The highest BCUT2D eigenvalue weighted by Crippen LogP contribution is 2.24. The second-order valence-electron chi connectivity index (χ2n) is 6.35. The number of rotatable bonds is 8. The van der Waals surface area contributed by atoms with E-state index < -0.39 is 18.2 Å². The van der Waals surface area contributed by atoms with Crippen molar-refractivity contribution in [2.45, 2.75) is 32.4 Å². The number of benzene rings is 1. The van der Waals surface area contributed by atoms with Crippen LogP contribution in [0.1, 0.15) is 31.9 Å². The zero-order chi connectivity index (χ0) is 19.8. The molecule has 2 N–H and O–H groups in total. The quantitative estimate of drug-likeness (QED) is 0.692. The number of nitriles is 1. The Hall–Kier alpha value is -3.21. The number of hydrogen-bond acceptors (Lipinski definition) is 6. The monoisotopic (exact) mass is 371 g/mol. The summed E-state index contributed by atoms with van der Waals surface area (Å²) in [6.07, 6.45) is 0.858. The molecule has 1 heterocycles. The van der Waals surface area contributed by atoms with Crippen LogP contribution < -0.4 is 15.4 Å². The van der Waals surface area contributed by atoms with Gasteiger partial charge in [-0.25, -0.2) is 4.98 Å². The number of aromatic nitrogens is 2. The van der Waals surface area contributed by atoms with Crippen molar-refractivity contribution in [2.75, 3.05) is 12.4 Å². The Morgan fingerprint density at radius 1 is 1.33 bits per heavy atom. The molecule has 1 aromatic carbocycles. The van der Waals surface area contributed by atoms with Crippen molar-refractivity contribution < 1.29 is 13.9 Å². The molecule has 2 atom stereocenters. The van der Waals surface area contributed by atoms with Crippen molar-refractivity contribution in [2.24, 2.45) is 5.92 Å². The zero-order valence-electron chi connectivity index (χ0n) is 15.4. The Morgan fingerprint density at radius 3 is 2.70 bits per heavy atom. The molecule has 0 bridgehead atoms. The van der Waals surface area contributed by atoms with Crippen LogP contribution in [0.2, 0.25) is 0 Å². The summed E-state index contributed by atoms with van der Waals surface area (Å²) in [4.78, 5) is 19.8. The minimum Gasteiger partial charge on any atom is -0.496 e. The van der Waals surface area contributed by atoms with Crippen molar-refractivity contribution in [3.63, 3.8) is 0 Å². The molecule has 0 saturated carbocycles. The Morgan fingerprint density at radius 2 is 2.07 bits per heavy atom. The summed E-state index contributed by atoms with van der Waals surface area (Å²) in [7, 11) is 1.50. The van der Waals surface area contributed by atoms with Crippen LogP contribution in [0.25, 0.3) is 0 Å². The molecule has 27 heavy (non-hydrogen) atoms. The lowest BCUT2D eigenvalue weighted by Crippen LogP contribution is -2.42. The predicted molar refractivity (Wildman–Crippen MR) is 98.3 cm³/mol. The van der Waals surface area contributed by atoms with E-state index in [2.05, 4.69) is 26.7 Å². The molecule has 0 aliphatic heterocycles. The van der Waals surface area contributed by atoms with Crippen LogP contribution in [0.4, 0.5) is 10.2 Å². The summed E-state index contributed by atoms with van der Waals surface area (Å²) >= 11 is 0. The highest BCUT2D eigenvalue weighted by atomic mass is 19.1. The normalized spacial score (nSPS) is 12.7. The third-order valence-corrected chi connectivity index (χ3v) is 3.84. The Bertz CT molecular complexity index is 822. The van der Waals surface area contributed by atoms with E-state index in [1.807, 2.05) is 13.8 Å². The van der Waals surface area contributed by atoms with E-state index in [4.69, 9.17) is 4.74 Å². The molecule has 0 spiro atoms. The fraction of sp³-hybridized carbons (Fsp3) is 0.368. The first-order chi connectivity index (χ1) is 12.9. The topological polar surface area (TPSA) is 99.9 Å². The average Bonchev–Trinajstić information content (AvgIpc) is 2.65. The van der Waals surface area contributed by atoms with Gasteiger partial charge in [0.15, 0.2) is 0 Å². The number of nitrogens with zero attached hydrogens (tertiary/aromatic N) is 3. The van der Waals surface area contributed by atoms with Crippen molar-refractivity contribution in [1.82, 2.24) is 15.3 Å². The number of para-hydroxylation sites is 1. The van der Waals surface area contributed by atoms with Crippen LogP contribution in [0.3, 0.4) is 0 Å². The van der Waals surface area contributed by atoms with Gasteiger partial charge in [0.1, 0.15) is 23.7 Å². The van der Waals surface area contributed by atoms with Crippen LogP contribution in [0.5, 0.6) is 5.75 Å². The summed E-state index contributed by atoms with van der Waals surface area (Å²) in [6, 6.07) is 8.98. The zero-order valence-corrected chi connectivity index (χ0v) is 15.4. The molecule has 1 unspecified atom stereocenters. The van der Waals surface area contributed by atoms with Crippen LogP contribution in [0, 0.1) is 23.3 Å². The number of ether oxygens (including phenoxy) is 1. The minimum atomic E-state index is -0.882. The highest BCUT2D eigenvalue weighted by Gasteiger charge is 2.25. The van der Waals surface area contributed by atoms with Gasteiger partial charge in [-0.15, -0.1) is 0 Å². The van der Waals surface area contributed by atoms with E-state index >= 15 is 0 Å². The van der Waals surface area contributed by atoms with E-state index in [0.717, 1.165) is 0 Å². The maximum Gasteiger partial charge on any atom is 0.310 e. The van der Waals surface area contributed by atoms with Crippen LogP contribution in [-0.2, 0) is 4.79 Å². The summed E-state index contributed by atoms with van der Waals surface area (Å²) in [6.45, 7) is 3.93. The van der Waals surface area contributed by atoms with Crippen LogP contribution in [0.15, 0.2) is 36.5 Å². The Balaban J connectivity index is 2.20. The van der Waals surface area contributed by atoms with E-state index in [1.165, 1.54) is 19.4 Å². The average molecular weight is 371 g/mol. The molecule has 1 aromatic heterocycles. The number of halogens is 1. The molecule has 2 aromatic rings. The Kier molecular flexibility index (Phi) is 7.06. The lowest BCUT2D eigenvalue weighted by molar-refractivity contribution is -0.122. The Labute approximate surface area is 157 Å². The van der Waals surface area contributed by atoms with Crippen LogP contribution >= 0.6 is 0 Å². The fourth-order valence-electron chi connectivity index (χ4n) is 2.62. The van der Waals surface area contributed by atoms with Gasteiger partial charge in [0, 0.05) is 11.8 Å². The fourth-order valence-corrected chi connectivity index (χ4v) is 2.62. The number of hydrogen-bond donors (Lipinski definition) is 2. The molecular weight excluding hydrogens is 349 g/mol. The van der Waals surface area contributed by atoms with Crippen molar-refractivity contribution in [3.8, 4) is 11.8 Å². The molecule has 1 amide bonds. The molecule has 0 aliphatic rings. The van der Waals surface area contributed by atoms with Gasteiger partial charge in [-0.2, -0.15) is 14.6 Å². The van der Waals surface area contributed by atoms with Gasteiger partial charge in [0.25, 0.3) is 0 Å². The second kappa shape index (κ2) is 9.48. The predicted octanol–water partition coefficient (Wildman–Crippen LogP) is 2.83. The lowest BCUT2D eigenvalue weighted by atomic mass is 10.0. The molecule has 8 heteroatoms. The van der Waals surface area contributed by atoms with Crippen molar-refractivity contribution >= 4 is 11.7 Å². The van der Waals surface area contributed by atoms with Gasteiger partial charge in [0.2, 0.25) is 5.91 Å². The molecule has 0 radical (unpaired) electrons. The maximum atomic E-state index is 13.2. The lowest BCUT2D eigenvalue weighted by Gasteiger charge is -2.23. The van der Waals surface area contributed by atoms with Crippen LogP contribution in [-0.4, -0.2) is 29.0 Å². The summed E-state index contributed by atoms with van der Waals surface area (Å²) in [5, 5.41) is 15.2. The van der Waals surface area contributed by atoms with Gasteiger partial charge in [-0.05, 0) is 24.5 Å². The molecule has 0 saturated heterocycles. The smallest absolute Gasteiger partial charge is 0.310 e. The molecule has 0 fully saturated rings. The van der Waals surface area contributed by atoms with Crippen molar-refractivity contribution in [1.29, 1.82) is 5.26 Å². The van der Waals surface area contributed by atoms with E-state index in [-0.39, 0.29) is 17.6 Å². The third kappa shape index (κ3) is 5.64. The largest absolute Gasteiger partial charge is 0.496 e. The summed E-state index contributed by atoms with van der Waals surface area (Å²) < 4.78 is 18.5. The SMILES string of the molecule is COc1ccccc1C(C#N)NC(=O)[C@H](CC(C)C)Nc1ccnc(F)n1. The van der Waals surface area contributed by atoms with E-state index in [1.54, 1.807) is 24.3 Å². The molecule has 142 valence electrons. The highest BCUT2D eigenvalue weighted by molar-refractivity contribution is 5.85. The maximum absolute atomic E-state index is 13.2. The first-order valence-corrected chi connectivity index (χ1v) is 8.52. The standard InChI is InChI=1S/C19H22FN5O2/c1-12(2)10-14(23-17-8-9-22-19(20)25-17)18(26)24-15(11-21)13-6-4-5-7-16(13)27-3/h4-9,12,14-15H,10H2,1-3H3,(H,24,26)(H,22,23,25)/t14-,15?/m0/s1. The van der Waals surface area contributed by atoms with Gasteiger partial charge < -0.3 is 15.4 Å². The number of amides is 1. The number of anilines is 1. The van der Waals surface area contributed by atoms with Gasteiger partial charge in [0.05, 0.1) is 13.2 Å². The summed E-state index contributed by atoms with van der Waals surface area (Å²) in [5.74, 6) is 0.511. The third-order valence-electron chi connectivity index (χ3n) is 3.84. The van der Waals surface area contributed by atoms with Gasteiger partial charge in [-0.3, -0.25) is 4.79 Å². The minimum absolute atomic E-state index is 0.187. The van der Waals surface area contributed by atoms with E-state index in [0.29, 0.717) is 17.7 Å². The number of nitrogens with one attached hydrogen (secondary N) is 2. The van der Waals surface area contributed by atoms with Gasteiger partial charge >= 0.3 is 6.08 Å². The molecule has 2 rings (SSSR count). The number of methoxy groups -OCH3 is 1. The number of carbonyl (C=O) groups excluding carboxylic acids is 1. The summed E-state index contributed by atoms with van der Waals surface area (Å²) in [5.41, 5.74) is 0.562. The first kappa shape index (κ1) is 20.1. The van der Waals surface area contributed by atoms with E-state index in [9.17, 15) is 14.4 Å². The number of carbonyl (C=O) groups is 1. The van der Waals surface area contributed by atoms with Gasteiger partial charge in [-0.1, -0.05) is 32.0 Å². The molecular formula is C19H22FN5O2. The second-order valence-corrected chi connectivity index (χ2v) is 6.35. The molecule has 0 aliphatic carbocycles. The molecule has 7 nitrogen and oxygen atoms in total. The van der Waals surface area contributed by atoms with Crippen molar-refractivity contribution in [3.05, 3.63) is 48.2 Å².